The van der Waals surface area contributed by atoms with Crippen LogP contribution in [-0.4, -0.2) is 19.9 Å². The number of rotatable bonds is 6. The molecule has 0 fully saturated rings. The van der Waals surface area contributed by atoms with Crippen LogP contribution in [0.3, 0.4) is 0 Å². The van der Waals surface area contributed by atoms with Gasteiger partial charge in [-0.1, -0.05) is 18.2 Å². The minimum atomic E-state index is -0.605. The van der Waals surface area contributed by atoms with E-state index in [1.54, 1.807) is 35.3 Å². The Kier molecular flexibility index (Phi) is 4.90. The molecule has 0 aliphatic carbocycles. The van der Waals surface area contributed by atoms with Crippen molar-refractivity contribution < 1.29 is 9.84 Å². The van der Waals surface area contributed by atoms with Crippen LogP contribution in [0.1, 0.15) is 30.5 Å². The zero-order valence-corrected chi connectivity index (χ0v) is 14.8. The SMILES string of the molecule is CC(C)(C#N)c1cc(COc2ccc(O)cc2)cc(Cn2cncn2)c1. The third-order valence-electron chi connectivity index (χ3n) is 4.11. The lowest BCUT2D eigenvalue weighted by Crippen LogP contribution is -2.15. The quantitative estimate of drug-likeness (QED) is 0.738. The summed E-state index contributed by atoms with van der Waals surface area (Å²) in [4.78, 5) is 3.97. The lowest BCUT2D eigenvalue weighted by Gasteiger charge is -2.19. The monoisotopic (exact) mass is 348 g/mol. The number of benzene rings is 2. The second-order valence-electron chi connectivity index (χ2n) is 6.65. The van der Waals surface area contributed by atoms with E-state index < -0.39 is 5.41 Å². The molecule has 2 aromatic carbocycles. The predicted octanol–water partition coefficient (Wildman–Crippen LogP) is 3.41. The summed E-state index contributed by atoms with van der Waals surface area (Å²) in [6, 6.07) is 15.0. The summed E-state index contributed by atoms with van der Waals surface area (Å²) >= 11 is 0. The maximum atomic E-state index is 9.49. The van der Waals surface area contributed by atoms with Crippen molar-refractivity contribution in [3.63, 3.8) is 0 Å². The number of hydrogen-bond acceptors (Lipinski definition) is 5. The lowest BCUT2D eigenvalue weighted by molar-refractivity contribution is 0.305. The standard InChI is InChI=1S/C20H20N4O2/c1-20(2,12-21)17-8-15(10-24-14-22-13-23-24)7-16(9-17)11-26-19-5-3-18(25)4-6-19/h3-9,13-14,25H,10-11H2,1-2H3. The normalized spacial score (nSPS) is 11.1. The van der Waals surface area contributed by atoms with Crippen LogP contribution in [0.5, 0.6) is 11.5 Å². The molecule has 1 heterocycles. The van der Waals surface area contributed by atoms with Gasteiger partial charge in [-0.2, -0.15) is 10.4 Å². The molecule has 132 valence electrons. The van der Waals surface area contributed by atoms with Crippen molar-refractivity contribution >= 4 is 0 Å². The Morgan fingerprint density at radius 1 is 1.15 bits per heavy atom. The molecule has 0 aliphatic heterocycles. The van der Waals surface area contributed by atoms with Gasteiger partial charge in [0.15, 0.2) is 0 Å². The fraction of sp³-hybridized carbons (Fsp3) is 0.250. The third kappa shape index (κ3) is 4.19. The number of hydrogen-bond donors (Lipinski definition) is 1. The van der Waals surface area contributed by atoms with Gasteiger partial charge in [0, 0.05) is 0 Å². The van der Waals surface area contributed by atoms with E-state index in [2.05, 4.69) is 16.2 Å². The first-order valence-corrected chi connectivity index (χ1v) is 8.25. The van der Waals surface area contributed by atoms with Crippen LogP contribution in [0.2, 0.25) is 0 Å². The fourth-order valence-corrected chi connectivity index (χ4v) is 2.57. The van der Waals surface area contributed by atoms with Crippen molar-refractivity contribution in [2.45, 2.75) is 32.4 Å². The molecule has 0 atom stereocenters. The topological polar surface area (TPSA) is 84.0 Å². The molecule has 3 rings (SSSR count). The number of nitriles is 1. The van der Waals surface area contributed by atoms with Gasteiger partial charge >= 0.3 is 0 Å². The second kappa shape index (κ2) is 7.28. The Balaban J connectivity index is 1.86. The number of aromatic nitrogens is 3. The largest absolute Gasteiger partial charge is 0.508 e. The average molecular weight is 348 g/mol. The highest BCUT2D eigenvalue weighted by molar-refractivity contribution is 5.38. The van der Waals surface area contributed by atoms with E-state index in [1.807, 2.05) is 32.0 Å². The minimum Gasteiger partial charge on any atom is -0.508 e. The summed E-state index contributed by atoms with van der Waals surface area (Å²) in [7, 11) is 0. The lowest BCUT2D eigenvalue weighted by atomic mass is 9.84. The van der Waals surface area contributed by atoms with E-state index in [9.17, 15) is 10.4 Å². The van der Waals surface area contributed by atoms with Crippen LogP contribution >= 0.6 is 0 Å². The smallest absolute Gasteiger partial charge is 0.137 e. The van der Waals surface area contributed by atoms with E-state index in [4.69, 9.17) is 4.74 Å². The number of aromatic hydroxyl groups is 1. The van der Waals surface area contributed by atoms with Crippen LogP contribution in [-0.2, 0) is 18.6 Å². The number of phenolic OH excluding ortho intramolecular Hbond substituents is 1. The molecule has 1 aromatic heterocycles. The van der Waals surface area contributed by atoms with Gasteiger partial charge in [0.25, 0.3) is 0 Å². The molecule has 3 aromatic rings. The summed E-state index contributed by atoms with van der Waals surface area (Å²) in [5, 5.41) is 23.0. The first kappa shape index (κ1) is 17.5. The third-order valence-corrected chi connectivity index (χ3v) is 4.11. The highest BCUT2D eigenvalue weighted by Crippen LogP contribution is 2.26. The second-order valence-corrected chi connectivity index (χ2v) is 6.65. The van der Waals surface area contributed by atoms with Crippen molar-refractivity contribution in [3.8, 4) is 17.6 Å². The van der Waals surface area contributed by atoms with Gasteiger partial charge in [0.2, 0.25) is 0 Å². The molecule has 1 N–H and O–H groups in total. The zero-order chi connectivity index (χ0) is 18.6. The molecule has 6 nitrogen and oxygen atoms in total. The van der Waals surface area contributed by atoms with Crippen LogP contribution in [0.4, 0.5) is 0 Å². The Labute approximate surface area is 152 Å². The molecule has 0 aliphatic rings. The maximum absolute atomic E-state index is 9.49. The van der Waals surface area contributed by atoms with Crippen molar-refractivity contribution in [1.82, 2.24) is 14.8 Å². The maximum Gasteiger partial charge on any atom is 0.137 e. The first-order chi connectivity index (χ1) is 12.5. The van der Waals surface area contributed by atoms with Crippen LogP contribution in [0.25, 0.3) is 0 Å². The van der Waals surface area contributed by atoms with Gasteiger partial charge in [0.1, 0.15) is 30.8 Å². The van der Waals surface area contributed by atoms with Crippen molar-refractivity contribution in [2.24, 2.45) is 0 Å². The van der Waals surface area contributed by atoms with E-state index in [-0.39, 0.29) is 5.75 Å². The number of nitrogens with zero attached hydrogens (tertiary/aromatic N) is 4. The van der Waals surface area contributed by atoms with Gasteiger partial charge < -0.3 is 9.84 Å². The highest BCUT2D eigenvalue weighted by atomic mass is 16.5. The summed E-state index contributed by atoms with van der Waals surface area (Å²) in [6.45, 7) is 4.73. The molecule has 0 saturated heterocycles. The highest BCUT2D eigenvalue weighted by Gasteiger charge is 2.21. The van der Waals surface area contributed by atoms with E-state index in [1.165, 1.54) is 6.33 Å². The molecule has 0 radical (unpaired) electrons. The fourth-order valence-electron chi connectivity index (χ4n) is 2.57. The van der Waals surface area contributed by atoms with E-state index >= 15 is 0 Å². The summed E-state index contributed by atoms with van der Waals surface area (Å²) in [5.74, 6) is 0.871. The van der Waals surface area contributed by atoms with Gasteiger partial charge in [-0.3, -0.25) is 0 Å². The van der Waals surface area contributed by atoms with Crippen molar-refractivity contribution in [2.75, 3.05) is 0 Å². The number of ether oxygens (including phenoxy) is 1. The van der Waals surface area contributed by atoms with E-state index in [0.717, 1.165) is 16.7 Å². The zero-order valence-electron chi connectivity index (χ0n) is 14.8. The summed E-state index contributed by atoms with van der Waals surface area (Å²) in [5.41, 5.74) is 2.32. The first-order valence-electron chi connectivity index (χ1n) is 8.25. The van der Waals surface area contributed by atoms with Crippen LogP contribution in [0.15, 0.2) is 55.1 Å². The summed E-state index contributed by atoms with van der Waals surface area (Å²) < 4.78 is 7.55. The van der Waals surface area contributed by atoms with Gasteiger partial charge in [-0.15, -0.1) is 0 Å². The Morgan fingerprint density at radius 3 is 2.54 bits per heavy atom. The molecular weight excluding hydrogens is 328 g/mol. The van der Waals surface area contributed by atoms with Gasteiger partial charge in [0.05, 0.1) is 18.0 Å². The molecule has 0 amide bonds. The molecule has 6 heteroatoms. The molecular formula is C20H20N4O2. The molecule has 0 unspecified atom stereocenters. The number of phenols is 1. The Hall–Kier alpha value is -3.33. The molecule has 0 spiro atoms. The minimum absolute atomic E-state index is 0.199. The Bertz CT molecular complexity index is 910. The summed E-state index contributed by atoms with van der Waals surface area (Å²) in [6.07, 6.45) is 3.16. The van der Waals surface area contributed by atoms with Crippen LogP contribution in [0, 0.1) is 11.3 Å². The predicted molar refractivity (Wildman–Crippen MR) is 96.6 cm³/mol. The van der Waals surface area contributed by atoms with Crippen molar-refractivity contribution in [1.29, 1.82) is 5.26 Å². The average Bonchev–Trinajstić information content (AvgIpc) is 3.14. The van der Waals surface area contributed by atoms with E-state index in [0.29, 0.717) is 18.9 Å². The molecule has 0 bridgehead atoms. The van der Waals surface area contributed by atoms with Crippen molar-refractivity contribution in [3.05, 3.63) is 71.8 Å². The molecule has 0 saturated carbocycles. The Morgan fingerprint density at radius 2 is 1.88 bits per heavy atom. The van der Waals surface area contributed by atoms with Gasteiger partial charge in [-0.05, 0) is 54.8 Å². The molecule has 26 heavy (non-hydrogen) atoms. The van der Waals surface area contributed by atoms with Gasteiger partial charge in [-0.25, -0.2) is 9.67 Å². The van der Waals surface area contributed by atoms with Crippen LogP contribution < -0.4 is 4.74 Å².